The fraction of sp³-hybridized carbons (Fsp3) is 0.182. The lowest BCUT2D eigenvalue weighted by atomic mass is 10.2. The van der Waals surface area contributed by atoms with E-state index in [4.69, 9.17) is 27.9 Å². The molecule has 0 amide bonds. The summed E-state index contributed by atoms with van der Waals surface area (Å²) in [5.41, 5.74) is 1.93. The molecule has 12 heteroatoms. The van der Waals surface area contributed by atoms with Crippen LogP contribution in [0.25, 0.3) is 11.0 Å². The van der Waals surface area contributed by atoms with Crippen molar-refractivity contribution in [3.63, 3.8) is 0 Å². The van der Waals surface area contributed by atoms with E-state index in [0.29, 0.717) is 36.3 Å². The zero-order valence-corrected chi connectivity index (χ0v) is 23.4. The van der Waals surface area contributed by atoms with Crippen LogP contribution in [0.15, 0.2) is 61.2 Å². The zero-order chi connectivity index (χ0) is 24.6. The van der Waals surface area contributed by atoms with E-state index < -0.39 is 15.8 Å². The van der Waals surface area contributed by atoms with Crippen LogP contribution >= 0.6 is 62.2 Å². The van der Waals surface area contributed by atoms with Gasteiger partial charge in [0.25, 0.3) is 0 Å². The first-order valence-electron chi connectivity index (χ1n) is 9.84. The Morgan fingerprint density at radius 3 is 2.59 bits per heavy atom. The molecule has 0 aliphatic carbocycles. The van der Waals surface area contributed by atoms with Gasteiger partial charge >= 0.3 is 5.97 Å². The first kappa shape index (κ1) is 25.5. The number of halogens is 3. The summed E-state index contributed by atoms with van der Waals surface area (Å²) in [4.78, 5) is 17.0. The fourth-order valence-corrected chi connectivity index (χ4v) is 8.66. The molecule has 0 saturated heterocycles. The minimum absolute atomic E-state index is 0.0661. The zero-order valence-electron chi connectivity index (χ0n) is 17.8. The largest absolute Gasteiger partial charge is 0.462 e. The van der Waals surface area contributed by atoms with Crippen LogP contribution in [-0.2, 0) is 21.1 Å². The van der Waals surface area contributed by atoms with Crippen LogP contribution in [0.2, 0.25) is 10.0 Å². The Hall–Kier alpha value is -1.56. The number of fused-ring (bicyclic) bond motifs is 1. The first-order chi connectivity index (χ1) is 16.2. The Morgan fingerprint density at radius 1 is 1.24 bits per heavy atom. The lowest BCUT2D eigenvalue weighted by Crippen LogP contribution is -2.04. The van der Waals surface area contributed by atoms with Gasteiger partial charge in [0.15, 0.2) is 0 Å². The number of aromatic nitrogens is 2. The predicted octanol–water partition coefficient (Wildman–Crippen LogP) is 6.95. The number of esters is 1. The molecule has 0 fully saturated rings. The molecule has 0 N–H and O–H groups in total. The quantitative estimate of drug-likeness (QED) is 0.165. The van der Waals surface area contributed by atoms with E-state index in [0.717, 1.165) is 16.9 Å². The van der Waals surface area contributed by atoms with Crippen molar-refractivity contribution in [2.24, 2.45) is 0 Å². The third kappa shape index (κ3) is 4.76. The Balaban J connectivity index is 1.77. The Bertz CT molecular complexity index is 1500. The van der Waals surface area contributed by atoms with Gasteiger partial charge in [0.1, 0.15) is 4.88 Å². The monoisotopic (exact) mass is 618 g/mol. The van der Waals surface area contributed by atoms with Gasteiger partial charge in [0, 0.05) is 20.1 Å². The van der Waals surface area contributed by atoms with E-state index in [1.54, 1.807) is 37.7 Å². The molecule has 0 unspecified atom stereocenters. The molecular formula is C22H17BrCl2N2O4S3. The summed E-state index contributed by atoms with van der Waals surface area (Å²) in [5, 5.41) is 1.06. The number of hydrogen-bond donors (Lipinski definition) is 0. The van der Waals surface area contributed by atoms with Crippen LogP contribution in [0.4, 0.5) is 0 Å². The summed E-state index contributed by atoms with van der Waals surface area (Å²) < 4.78 is 35.0. The SMILES string of the molecule is CCOC(=O)c1cc(S(=O)(=O)c2cc(Br)c3c(c2)ncn3Cc2c(Cl)cccc2Cl)c(SC)s1. The molecule has 2 aromatic carbocycles. The van der Waals surface area contributed by atoms with Crippen LogP contribution in [-0.4, -0.2) is 36.8 Å². The highest BCUT2D eigenvalue weighted by Gasteiger charge is 2.28. The molecule has 0 radical (unpaired) electrons. The molecule has 2 heterocycles. The molecule has 0 atom stereocenters. The standard InChI is InChI=1S/C22H17BrCl2N2O4S3/c1-3-31-21(28)18-9-19(22(32-2)33-18)34(29,30)12-7-14(23)20-17(8-12)26-11-27(20)10-13-15(24)5-4-6-16(13)25/h4-9,11H,3,10H2,1-2H3. The topological polar surface area (TPSA) is 78.3 Å². The molecule has 0 aliphatic heterocycles. The second-order valence-corrected chi connectivity index (χ2v) is 12.7. The molecule has 6 nitrogen and oxygen atoms in total. The predicted molar refractivity (Wildman–Crippen MR) is 141 cm³/mol. The molecule has 4 aromatic rings. The molecule has 4 rings (SSSR count). The lowest BCUT2D eigenvalue weighted by molar-refractivity contribution is 0.0532. The van der Waals surface area contributed by atoms with Crippen molar-refractivity contribution in [3.8, 4) is 0 Å². The second kappa shape index (κ2) is 10.2. The van der Waals surface area contributed by atoms with Gasteiger partial charge in [-0.3, -0.25) is 0 Å². The van der Waals surface area contributed by atoms with Gasteiger partial charge in [-0.1, -0.05) is 29.3 Å². The summed E-state index contributed by atoms with van der Waals surface area (Å²) in [6, 6.07) is 9.72. The summed E-state index contributed by atoms with van der Waals surface area (Å²) in [5.74, 6) is -0.544. The van der Waals surface area contributed by atoms with E-state index in [1.165, 1.54) is 30.0 Å². The minimum atomic E-state index is -3.93. The Labute approximate surface area is 223 Å². The number of carbonyl (C=O) groups excluding carboxylic acids is 1. The maximum absolute atomic E-state index is 13.5. The van der Waals surface area contributed by atoms with Crippen molar-refractivity contribution >= 4 is 89.1 Å². The van der Waals surface area contributed by atoms with Crippen LogP contribution in [0, 0.1) is 0 Å². The smallest absolute Gasteiger partial charge is 0.348 e. The molecule has 178 valence electrons. The number of hydrogen-bond acceptors (Lipinski definition) is 7. The summed E-state index contributed by atoms with van der Waals surface area (Å²) in [7, 11) is -3.93. The fourth-order valence-electron chi connectivity index (χ4n) is 3.38. The molecule has 0 spiro atoms. The molecule has 34 heavy (non-hydrogen) atoms. The first-order valence-corrected chi connectivity index (χ1v) is 14.9. The van der Waals surface area contributed by atoms with Crippen molar-refractivity contribution in [1.29, 1.82) is 0 Å². The van der Waals surface area contributed by atoms with E-state index in [-0.39, 0.29) is 21.3 Å². The number of imidazole rings is 1. The minimum Gasteiger partial charge on any atom is -0.462 e. The van der Waals surface area contributed by atoms with Crippen molar-refractivity contribution in [2.75, 3.05) is 12.9 Å². The summed E-state index contributed by atoms with van der Waals surface area (Å²) >= 11 is 18.5. The molecule has 2 aromatic heterocycles. The molecule has 0 saturated carbocycles. The number of rotatable bonds is 7. The second-order valence-electron chi connectivity index (χ2n) is 7.04. The highest BCUT2D eigenvalue weighted by molar-refractivity contribution is 9.10. The maximum atomic E-state index is 13.5. The number of carbonyl (C=O) groups is 1. The van der Waals surface area contributed by atoms with Gasteiger partial charge in [0.2, 0.25) is 9.84 Å². The Morgan fingerprint density at radius 2 is 1.94 bits per heavy atom. The van der Waals surface area contributed by atoms with Gasteiger partial charge < -0.3 is 9.30 Å². The van der Waals surface area contributed by atoms with Crippen LogP contribution in [0.3, 0.4) is 0 Å². The van der Waals surface area contributed by atoms with E-state index in [2.05, 4.69) is 20.9 Å². The average molecular weight is 620 g/mol. The number of thiophene rings is 1. The van der Waals surface area contributed by atoms with E-state index >= 15 is 0 Å². The van der Waals surface area contributed by atoms with Crippen molar-refractivity contribution in [1.82, 2.24) is 9.55 Å². The van der Waals surface area contributed by atoms with Gasteiger partial charge in [-0.05, 0) is 59.4 Å². The molecule has 0 aliphatic rings. The summed E-state index contributed by atoms with van der Waals surface area (Å²) in [6.45, 7) is 2.27. The van der Waals surface area contributed by atoms with Crippen molar-refractivity contribution in [3.05, 3.63) is 67.7 Å². The number of nitrogens with zero attached hydrogens (tertiary/aromatic N) is 2. The summed E-state index contributed by atoms with van der Waals surface area (Å²) in [6.07, 6.45) is 3.38. The van der Waals surface area contributed by atoms with Crippen LogP contribution in [0.1, 0.15) is 22.2 Å². The highest BCUT2D eigenvalue weighted by Crippen LogP contribution is 2.39. The van der Waals surface area contributed by atoms with Crippen molar-refractivity contribution < 1.29 is 17.9 Å². The van der Waals surface area contributed by atoms with Crippen LogP contribution < -0.4 is 0 Å². The van der Waals surface area contributed by atoms with E-state index in [9.17, 15) is 13.2 Å². The molecular weight excluding hydrogens is 603 g/mol. The highest BCUT2D eigenvalue weighted by atomic mass is 79.9. The third-order valence-corrected chi connectivity index (χ3v) is 10.5. The van der Waals surface area contributed by atoms with Gasteiger partial charge in [-0.25, -0.2) is 18.2 Å². The van der Waals surface area contributed by atoms with Gasteiger partial charge in [-0.15, -0.1) is 23.1 Å². The number of benzene rings is 2. The Kier molecular flexibility index (Phi) is 7.66. The van der Waals surface area contributed by atoms with Gasteiger partial charge in [0.05, 0.1) is 44.5 Å². The maximum Gasteiger partial charge on any atom is 0.348 e. The normalized spacial score (nSPS) is 11.8. The molecule has 0 bridgehead atoms. The van der Waals surface area contributed by atoms with Crippen molar-refractivity contribution in [2.45, 2.75) is 27.5 Å². The average Bonchev–Trinajstić information content (AvgIpc) is 3.41. The number of ether oxygens (including phenoxy) is 1. The van der Waals surface area contributed by atoms with Crippen LogP contribution in [0.5, 0.6) is 0 Å². The lowest BCUT2D eigenvalue weighted by Gasteiger charge is -2.11. The third-order valence-electron chi connectivity index (χ3n) is 4.96. The number of sulfone groups is 1. The van der Waals surface area contributed by atoms with Gasteiger partial charge in [-0.2, -0.15) is 0 Å². The number of thioether (sulfide) groups is 1. The van der Waals surface area contributed by atoms with E-state index in [1.807, 2.05) is 4.57 Å².